The molecule has 0 heterocycles. The van der Waals surface area contributed by atoms with Crippen LogP contribution in [0.1, 0.15) is 13.8 Å². The lowest BCUT2D eigenvalue weighted by Gasteiger charge is -2.09. The second-order valence-electron chi connectivity index (χ2n) is 2.04. The average Bonchev–Trinajstić information content (AvgIpc) is 1.84. The highest BCUT2D eigenvalue weighted by atomic mass is 19.1. The van der Waals surface area contributed by atoms with E-state index in [0.29, 0.717) is 0 Å². The molecule has 0 amide bonds. The third kappa shape index (κ3) is 2.72. The van der Waals surface area contributed by atoms with Crippen molar-refractivity contribution in [2.75, 3.05) is 13.2 Å². The van der Waals surface area contributed by atoms with Gasteiger partial charge in [0.1, 0.15) is 6.61 Å². The largest absolute Gasteiger partial charge is 0.378 e. The number of rotatable bonds is 4. The molecule has 0 saturated heterocycles. The molecule has 0 fully saturated rings. The smallest absolute Gasteiger partial charge is 0.371 e. The number of halogens is 1. The average molecular weight is 151 g/mol. The van der Waals surface area contributed by atoms with Crippen LogP contribution >= 0.6 is 0 Å². The topological polar surface area (TPSA) is 52.4 Å². The molecule has 0 aliphatic rings. The van der Waals surface area contributed by atoms with Gasteiger partial charge in [0.15, 0.2) is 0 Å². The number of nitro groups is 1. The van der Waals surface area contributed by atoms with Crippen molar-refractivity contribution in [1.82, 2.24) is 0 Å². The van der Waals surface area contributed by atoms with Crippen molar-refractivity contribution in [3.05, 3.63) is 10.1 Å². The molecule has 0 aromatic heterocycles. The molecule has 0 N–H and O–H groups in total. The third-order valence-electron chi connectivity index (χ3n) is 0.950. The van der Waals surface area contributed by atoms with E-state index < -0.39 is 17.3 Å². The second kappa shape index (κ2) is 3.46. The number of hydrogen-bond acceptors (Lipinski definition) is 3. The fourth-order valence-corrected chi connectivity index (χ4v) is 0.341. The standard InChI is InChI=1S/C5H10FNO3/c1-3-10-4-5(2,6)7(8)9/h3-4H2,1-2H3. The van der Waals surface area contributed by atoms with Crippen molar-refractivity contribution in [3.63, 3.8) is 0 Å². The maximum absolute atomic E-state index is 12.6. The molecule has 0 spiro atoms. The summed E-state index contributed by atoms with van der Waals surface area (Å²) in [7, 11) is 0. The van der Waals surface area contributed by atoms with E-state index in [4.69, 9.17) is 0 Å². The summed E-state index contributed by atoms with van der Waals surface area (Å²) in [5.74, 6) is -2.45. The highest BCUT2D eigenvalue weighted by Gasteiger charge is 2.36. The van der Waals surface area contributed by atoms with E-state index in [2.05, 4.69) is 4.74 Å². The molecule has 10 heavy (non-hydrogen) atoms. The van der Waals surface area contributed by atoms with Crippen LogP contribution in [0.4, 0.5) is 4.39 Å². The Balaban J connectivity index is 3.75. The summed E-state index contributed by atoms with van der Waals surface area (Å²) in [5, 5.41) is 9.88. The van der Waals surface area contributed by atoms with Gasteiger partial charge in [-0.05, 0) is 6.92 Å². The molecule has 0 aliphatic heterocycles. The summed E-state index contributed by atoms with van der Waals surface area (Å²) >= 11 is 0. The van der Waals surface area contributed by atoms with Crippen molar-refractivity contribution < 1.29 is 14.1 Å². The van der Waals surface area contributed by atoms with Gasteiger partial charge in [-0.15, -0.1) is 0 Å². The van der Waals surface area contributed by atoms with Crippen molar-refractivity contribution in [2.45, 2.75) is 19.6 Å². The van der Waals surface area contributed by atoms with Gasteiger partial charge in [0, 0.05) is 13.5 Å². The molecule has 0 aromatic rings. The fourth-order valence-electron chi connectivity index (χ4n) is 0.341. The predicted molar refractivity (Wildman–Crippen MR) is 33.0 cm³/mol. The van der Waals surface area contributed by atoms with E-state index in [1.54, 1.807) is 6.92 Å². The zero-order valence-electron chi connectivity index (χ0n) is 5.96. The Labute approximate surface area is 58.1 Å². The fraction of sp³-hybridized carbons (Fsp3) is 1.00. The monoisotopic (exact) mass is 151 g/mol. The summed E-state index contributed by atoms with van der Waals surface area (Å²) in [6, 6.07) is 0. The van der Waals surface area contributed by atoms with Crippen LogP contribution in [0.15, 0.2) is 0 Å². The van der Waals surface area contributed by atoms with E-state index in [9.17, 15) is 14.5 Å². The van der Waals surface area contributed by atoms with E-state index in [-0.39, 0.29) is 6.61 Å². The zero-order chi connectivity index (χ0) is 8.20. The van der Waals surface area contributed by atoms with E-state index >= 15 is 0 Å². The summed E-state index contributed by atoms with van der Waals surface area (Å²) in [6.45, 7) is 2.32. The molecule has 1 atom stereocenters. The Morgan fingerprint density at radius 3 is 2.60 bits per heavy atom. The lowest BCUT2D eigenvalue weighted by molar-refractivity contribution is -0.604. The van der Waals surface area contributed by atoms with Crippen LogP contribution in [-0.4, -0.2) is 23.9 Å². The molecule has 0 rings (SSSR count). The number of ether oxygens (including phenoxy) is 1. The maximum atomic E-state index is 12.6. The van der Waals surface area contributed by atoms with Crippen LogP contribution in [0.2, 0.25) is 0 Å². The molecule has 0 saturated carbocycles. The van der Waals surface area contributed by atoms with Crippen LogP contribution in [0, 0.1) is 10.1 Å². The van der Waals surface area contributed by atoms with Gasteiger partial charge in [0.05, 0.1) is 4.92 Å². The number of alkyl halides is 1. The first-order valence-corrected chi connectivity index (χ1v) is 2.92. The minimum Gasteiger partial charge on any atom is -0.371 e. The van der Waals surface area contributed by atoms with Crippen LogP contribution in [0.5, 0.6) is 0 Å². The van der Waals surface area contributed by atoms with Crippen LogP contribution in [0.25, 0.3) is 0 Å². The van der Waals surface area contributed by atoms with E-state index in [1.807, 2.05) is 0 Å². The SMILES string of the molecule is CCOCC(C)(F)[N+](=O)[O-]. The minimum absolute atomic E-state index is 0.285. The molecular weight excluding hydrogens is 141 g/mol. The predicted octanol–water partition coefficient (Wildman–Crippen LogP) is 0.985. The molecule has 1 unspecified atom stereocenters. The Morgan fingerprint density at radius 2 is 2.30 bits per heavy atom. The molecule has 0 aliphatic carbocycles. The molecule has 0 aromatic carbocycles. The Morgan fingerprint density at radius 1 is 1.80 bits per heavy atom. The number of hydrogen-bond donors (Lipinski definition) is 0. The summed E-state index contributed by atoms with van der Waals surface area (Å²) < 4.78 is 17.1. The molecular formula is C5H10FNO3. The normalized spacial score (nSPS) is 16.3. The molecule has 5 heteroatoms. The summed E-state index contributed by atoms with van der Waals surface area (Å²) in [6.07, 6.45) is 0. The summed E-state index contributed by atoms with van der Waals surface area (Å²) in [4.78, 5) is 8.88. The quantitative estimate of drug-likeness (QED) is 0.342. The highest BCUT2D eigenvalue weighted by Crippen LogP contribution is 2.10. The lowest BCUT2D eigenvalue weighted by atomic mass is 10.3. The summed E-state index contributed by atoms with van der Waals surface area (Å²) in [5.41, 5.74) is 0. The first-order chi connectivity index (χ1) is 4.50. The Bertz CT molecular complexity index is 126. The lowest BCUT2D eigenvalue weighted by Crippen LogP contribution is -2.34. The van der Waals surface area contributed by atoms with Crippen LogP contribution in [-0.2, 0) is 4.74 Å². The van der Waals surface area contributed by atoms with Gasteiger partial charge < -0.3 is 4.74 Å². The van der Waals surface area contributed by atoms with Gasteiger partial charge in [0.2, 0.25) is 0 Å². The van der Waals surface area contributed by atoms with E-state index in [0.717, 1.165) is 6.92 Å². The second-order valence-corrected chi connectivity index (χ2v) is 2.04. The van der Waals surface area contributed by atoms with Crippen molar-refractivity contribution >= 4 is 0 Å². The van der Waals surface area contributed by atoms with Crippen LogP contribution in [0.3, 0.4) is 0 Å². The third-order valence-corrected chi connectivity index (χ3v) is 0.950. The van der Waals surface area contributed by atoms with Gasteiger partial charge >= 0.3 is 5.79 Å². The minimum atomic E-state index is -2.45. The van der Waals surface area contributed by atoms with Gasteiger partial charge in [-0.1, -0.05) is 0 Å². The first kappa shape index (κ1) is 9.29. The first-order valence-electron chi connectivity index (χ1n) is 2.92. The highest BCUT2D eigenvalue weighted by molar-refractivity contribution is 4.55. The van der Waals surface area contributed by atoms with E-state index in [1.165, 1.54) is 0 Å². The molecule has 0 bridgehead atoms. The Kier molecular flexibility index (Phi) is 3.21. The maximum Gasteiger partial charge on any atom is 0.378 e. The van der Waals surface area contributed by atoms with Crippen molar-refractivity contribution in [3.8, 4) is 0 Å². The zero-order valence-corrected chi connectivity index (χ0v) is 5.96. The molecule has 60 valence electrons. The molecule has 4 nitrogen and oxygen atoms in total. The van der Waals surface area contributed by atoms with Gasteiger partial charge in [-0.2, -0.15) is 4.39 Å². The van der Waals surface area contributed by atoms with Gasteiger partial charge in [0.25, 0.3) is 0 Å². The van der Waals surface area contributed by atoms with Crippen molar-refractivity contribution in [1.29, 1.82) is 0 Å². The van der Waals surface area contributed by atoms with Gasteiger partial charge in [-0.3, -0.25) is 10.1 Å². The molecule has 0 radical (unpaired) electrons. The number of nitrogens with zero attached hydrogens (tertiary/aromatic N) is 1. The van der Waals surface area contributed by atoms with Gasteiger partial charge in [-0.25, -0.2) is 0 Å². The van der Waals surface area contributed by atoms with Crippen LogP contribution < -0.4 is 0 Å². The van der Waals surface area contributed by atoms with Crippen molar-refractivity contribution in [2.24, 2.45) is 0 Å². The Hall–Kier alpha value is -0.710.